The van der Waals surface area contributed by atoms with Crippen LogP contribution in [0, 0.1) is 0 Å². The molecule has 1 atom stereocenters. The molecule has 3 nitrogen and oxygen atoms in total. The van der Waals surface area contributed by atoms with E-state index in [2.05, 4.69) is 37.4 Å². The normalized spacial score (nSPS) is 12.8. The molecule has 2 aromatic carbocycles. The Kier molecular flexibility index (Phi) is 5.39. The quantitative estimate of drug-likeness (QED) is 0.840. The molecule has 0 aliphatic heterocycles. The first-order valence-electron chi connectivity index (χ1n) is 7.07. The average molecular weight is 273 g/mol. The van der Waals surface area contributed by atoms with E-state index < -0.39 is 0 Å². The summed E-state index contributed by atoms with van der Waals surface area (Å²) in [6.45, 7) is 5.58. The van der Waals surface area contributed by atoms with Gasteiger partial charge in [-0.05, 0) is 11.5 Å². The van der Waals surface area contributed by atoms with Gasteiger partial charge >= 0.3 is 0 Å². The third-order valence-corrected chi connectivity index (χ3v) is 3.26. The van der Waals surface area contributed by atoms with Crippen LogP contribution in [0.2, 0.25) is 0 Å². The minimum atomic E-state index is 0.0522. The number of hydrogen-bond donors (Lipinski definition) is 1. The molecule has 3 heteroatoms. The molecule has 20 heavy (non-hydrogen) atoms. The molecule has 0 heterocycles. The molecule has 0 unspecified atom stereocenters. The van der Waals surface area contributed by atoms with E-state index in [4.69, 9.17) is 9.47 Å². The van der Waals surface area contributed by atoms with Crippen molar-refractivity contribution in [2.24, 2.45) is 0 Å². The Bertz CT molecular complexity index is 534. The zero-order valence-electron chi connectivity index (χ0n) is 12.4. The van der Waals surface area contributed by atoms with Crippen LogP contribution in [0.15, 0.2) is 42.5 Å². The van der Waals surface area contributed by atoms with Crippen LogP contribution in [-0.2, 0) is 4.74 Å². The lowest BCUT2D eigenvalue weighted by atomic mass is 10.1. The van der Waals surface area contributed by atoms with E-state index in [9.17, 15) is 0 Å². The second kappa shape index (κ2) is 7.27. The van der Waals surface area contributed by atoms with Crippen molar-refractivity contribution in [2.45, 2.75) is 26.0 Å². The average Bonchev–Trinajstić information content (AvgIpc) is 2.47. The Morgan fingerprint density at radius 3 is 2.55 bits per heavy atom. The van der Waals surface area contributed by atoms with Crippen molar-refractivity contribution in [1.29, 1.82) is 0 Å². The number of nitrogens with one attached hydrogen (secondary N) is 1. The fourth-order valence-electron chi connectivity index (χ4n) is 2.08. The number of ether oxygens (including phenoxy) is 2. The van der Waals surface area contributed by atoms with Crippen LogP contribution in [0.1, 0.15) is 13.8 Å². The largest absolute Gasteiger partial charge is 0.490 e. The van der Waals surface area contributed by atoms with Gasteiger partial charge in [0.15, 0.2) is 0 Å². The molecule has 0 aliphatic rings. The van der Waals surface area contributed by atoms with Gasteiger partial charge in [-0.25, -0.2) is 0 Å². The van der Waals surface area contributed by atoms with E-state index in [0.29, 0.717) is 12.6 Å². The summed E-state index contributed by atoms with van der Waals surface area (Å²) in [7, 11) is 1.72. The maximum atomic E-state index is 5.94. The highest BCUT2D eigenvalue weighted by molar-refractivity contribution is 5.88. The molecule has 0 saturated carbocycles. The second-order valence-corrected chi connectivity index (χ2v) is 5.21. The highest BCUT2D eigenvalue weighted by Gasteiger charge is 2.10. The van der Waals surface area contributed by atoms with Crippen molar-refractivity contribution in [3.05, 3.63) is 42.5 Å². The summed E-state index contributed by atoms with van der Waals surface area (Å²) in [4.78, 5) is 0. The smallest absolute Gasteiger partial charge is 0.127 e. The molecule has 2 rings (SSSR count). The molecule has 2 aromatic rings. The number of rotatable bonds is 7. The molecule has 0 aromatic heterocycles. The van der Waals surface area contributed by atoms with Crippen molar-refractivity contribution < 1.29 is 9.47 Å². The van der Waals surface area contributed by atoms with Crippen LogP contribution in [0.25, 0.3) is 10.8 Å². The van der Waals surface area contributed by atoms with Gasteiger partial charge < -0.3 is 14.8 Å². The summed E-state index contributed by atoms with van der Waals surface area (Å²) in [5.74, 6) is 0.912. The van der Waals surface area contributed by atoms with Gasteiger partial charge in [-0.15, -0.1) is 0 Å². The molecule has 0 fully saturated rings. The third kappa shape index (κ3) is 3.95. The van der Waals surface area contributed by atoms with Crippen LogP contribution in [0.4, 0.5) is 0 Å². The van der Waals surface area contributed by atoms with Gasteiger partial charge in [0.05, 0.1) is 0 Å². The fourth-order valence-corrected chi connectivity index (χ4v) is 2.08. The molecule has 0 saturated heterocycles. The number of hydrogen-bond acceptors (Lipinski definition) is 3. The molecule has 0 amide bonds. The van der Waals surface area contributed by atoms with E-state index in [1.54, 1.807) is 7.11 Å². The van der Waals surface area contributed by atoms with E-state index >= 15 is 0 Å². The van der Waals surface area contributed by atoms with Crippen molar-refractivity contribution in [3.63, 3.8) is 0 Å². The van der Waals surface area contributed by atoms with Crippen LogP contribution in [-0.4, -0.2) is 32.4 Å². The molecular formula is C17H23NO2. The minimum Gasteiger partial charge on any atom is -0.490 e. The zero-order valence-corrected chi connectivity index (χ0v) is 12.4. The van der Waals surface area contributed by atoms with E-state index in [1.165, 1.54) is 5.39 Å². The van der Waals surface area contributed by atoms with Crippen LogP contribution in [0.3, 0.4) is 0 Å². The molecule has 0 aliphatic carbocycles. The lowest BCUT2D eigenvalue weighted by Gasteiger charge is -2.19. The summed E-state index contributed by atoms with van der Waals surface area (Å²) in [5, 5.41) is 5.70. The topological polar surface area (TPSA) is 30.5 Å². The van der Waals surface area contributed by atoms with E-state index in [-0.39, 0.29) is 6.10 Å². The molecule has 108 valence electrons. The van der Waals surface area contributed by atoms with Gasteiger partial charge in [-0.2, -0.15) is 0 Å². The summed E-state index contributed by atoms with van der Waals surface area (Å²) in [6, 6.07) is 14.8. The lowest BCUT2D eigenvalue weighted by molar-refractivity contribution is 0.0573. The summed E-state index contributed by atoms with van der Waals surface area (Å²) in [6.07, 6.45) is 0.0522. The van der Waals surface area contributed by atoms with Gasteiger partial charge in [-0.3, -0.25) is 0 Å². The Morgan fingerprint density at radius 1 is 1.05 bits per heavy atom. The first kappa shape index (κ1) is 14.8. The first-order chi connectivity index (χ1) is 9.70. The van der Waals surface area contributed by atoms with Crippen LogP contribution in [0.5, 0.6) is 5.75 Å². The standard InChI is InChI=1S/C17H23NO2/c1-13(2)18-11-15(19-3)12-20-17-10-6-8-14-7-4-5-9-16(14)17/h4-10,13,15,18H,11-12H2,1-3H3/t15-/m1/s1. The molecular weight excluding hydrogens is 250 g/mol. The Morgan fingerprint density at radius 2 is 1.80 bits per heavy atom. The highest BCUT2D eigenvalue weighted by atomic mass is 16.5. The number of methoxy groups -OCH3 is 1. The van der Waals surface area contributed by atoms with Crippen molar-refractivity contribution in [2.75, 3.05) is 20.3 Å². The summed E-state index contributed by atoms with van der Waals surface area (Å²) >= 11 is 0. The predicted octanol–water partition coefficient (Wildman–Crippen LogP) is 3.23. The number of benzene rings is 2. The zero-order chi connectivity index (χ0) is 14.4. The minimum absolute atomic E-state index is 0.0522. The molecule has 0 radical (unpaired) electrons. The van der Waals surface area contributed by atoms with Gasteiger partial charge in [0, 0.05) is 25.1 Å². The van der Waals surface area contributed by atoms with Crippen LogP contribution < -0.4 is 10.1 Å². The van der Waals surface area contributed by atoms with Gasteiger partial charge in [-0.1, -0.05) is 50.2 Å². The second-order valence-electron chi connectivity index (χ2n) is 5.21. The van der Waals surface area contributed by atoms with Gasteiger partial charge in [0.25, 0.3) is 0 Å². The predicted molar refractivity (Wildman–Crippen MR) is 83.4 cm³/mol. The monoisotopic (exact) mass is 273 g/mol. The van der Waals surface area contributed by atoms with Crippen molar-refractivity contribution in [3.8, 4) is 5.75 Å². The Labute approximate surface area is 120 Å². The SMILES string of the molecule is CO[C@H](CNC(C)C)COc1cccc2ccccc12. The van der Waals surface area contributed by atoms with E-state index in [1.807, 2.05) is 24.3 Å². The van der Waals surface area contributed by atoms with E-state index in [0.717, 1.165) is 17.7 Å². The Balaban J connectivity index is 2.01. The van der Waals surface area contributed by atoms with Gasteiger partial charge in [0.2, 0.25) is 0 Å². The first-order valence-corrected chi connectivity index (χ1v) is 7.07. The van der Waals surface area contributed by atoms with Crippen LogP contribution >= 0.6 is 0 Å². The number of fused-ring (bicyclic) bond motifs is 1. The Hall–Kier alpha value is -1.58. The summed E-state index contributed by atoms with van der Waals surface area (Å²) < 4.78 is 11.4. The van der Waals surface area contributed by atoms with Crippen molar-refractivity contribution in [1.82, 2.24) is 5.32 Å². The van der Waals surface area contributed by atoms with Crippen molar-refractivity contribution >= 4 is 10.8 Å². The molecule has 0 bridgehead atoms. The lowest BCUT2D eigenvalue weighted by Crippen LogP contribution is -2.36. The third-order valence-electron chi connectivity index (χ3n) is 3.26. The maximum Gasteiger partial charge on any atom is 0.127 e. The maximum absolute atomic E-state index is 5.94. The van der Waals surface area contributed by atoms with Gasteiger partial charge in [0.1, 0.15) is 18.5 Å². The molecule has 0 spiro atoms. The fraction of sp³-hybridized carbons (Fsp3) is 0.412. The highest BCUT2D eigenvalue weighted by Crippen LogP contribution is 2.25. The molecule has 1 N–H and O–H groups in total. The summed E-state index contributed by atoms with van der Waals surface area (Å²) in [5.41, 5.74) is 0.